The van der Waals surface area contributed by atoms with Gasteiger partial charge in [0.05, 0.1) is 5.56 Å². The molecule has 1 aliphatic rings. The Kier molecular flexibility index (Phi) is 5.08. The minimum Gasteiger partial charge on any atom is -0.459 e. The first-order chi connectivity index (χ1) is 9.67. The van der Waals surface area contributed by atoms with Gasteiger partial charge < -0.3 is 24.1 Å². The Balaban J connectivity index is 1.90. The van der Waals surface area contributed by atoms with Crippen molar-refractivity contribution in [1.29, 1.82) is 0 Å². The summed E-state index contributed by atoms with van der Waals surface area (Å²) in [6.45, 7) is -0.0609. The van der Waals surface area contributed by atoms with Crippen molar-refractivity contribution < 1.29 is 28.8 Å². The molecule has 1 saturated heterocycles. The van der Waals surface area contributed by atoms with Crippen molar-refractivity contribution in [2.45, 2.75) is 24.6 Å². The van der Waals surface area contributed by atoms with Gasteiger partial charge >= 0.3 is 5.97 Å². The van der Waals surface area contributed by atoms with Crippen molar-refractivity contribution in [3.05, 3.63) is 35.9 Å². The molecule has 4 atom stereocenters. The average Bonchev–Trinajstić information content (AvgIpc) is 2.81. The molecule has 0 aliphatic carbocycles. The fraction of sp³-hybridized carbons (Fsp3) is 0.500. The SMILES string of the molecule is CO[C@H]1O[C@H](COC(=O)c2ccccc2)C(O)[C@@H]1OC. The number of esters is 1. The van der Waals surface area contributed by atoms with E-state index in [1.54, 1.807) is 24.3 Å². The lowest BCUT2D eigenvalue weighted by Crippen LogP contribution is -2.36. The standard InChI is InChI=1S/C14H18O6/c1-17-12-11(15)10(20-14(12)18-2)8-19-13(16)9-6-4-3-5-7-9/h3-7,10-12,14-15H,8H2,1-2H3/t10-,11?,12+,14+/m1/s1. The van der Waals surface area contributed by atoms with Crippen LogP contribution in [0.2, 0.25) is 0 Å². The Morgan fingerprint density at radius 3 is 2.50 bits per heavy atom. The van der Waals surface area contributed by atoms with Crippen LogP contribution in [0.15, 0.2) is 30.3 Å². The molecule has 6 nitrogen and oxygen atoms in total. The summed E-state index contributed by atoms with van der Waals surface area (Å²) in [4.78, 5) is 11.8. The van der Waals surface area contributed by atoms with Crippen molar-refractivity contribution >= 4 is 5.97 Å². The highest BCUT2D eigenvalue weighted by atomic mass is 16.7. The summed E-state index contributed by atoms with van der Waals surface area (Å²) in [5, 5.41) is 10.0. The van der Waals surface area contributed by atoms with Gasteiger partial charge in [-0.3, -0.25) is 0 Å². The van der Waals surface area contributed by atoms with Gasteiger partial charge in [-0.15, -0.1) is 0 Å². The Morgan fingerprint density at radius 1 is 1.25 bits per heavy atom. The van der Waals surface area contributed by atoms with Crippen molar-refractivity contribution in [2.24, 2.45) is 0 Å². The maximum Gasteiger partial charge on any atom is 0.338 e. The number of methoxy groups -OCH3 is 2. The van der Waals surface area contributed by atoms with Gasteiger partial charge in [0.15, 0.2) is 6.29 Å². The summed E-state index contributed by atoms with van der Waals surface area (Å²) >= 11 is 0. The van der Waals surface area contributed by atoms with E-state index < -0.39 is 30.6 Å². The molecule has 1 aromatic carbocycles. The second-order valence-corrected chi connectivity index (χ2v) is 4.43. The molecule has 110 valence electrons. The predicted octanol–water partition coefficient (Wildman–Crippen LogP) is 0.591. The van der Waals surface area contributed by atoms with Gasteiger partial charge in [0, 0.05) is 14.2 Å². The Hall–Kier alpha value is -1.47. The van der Waals surface area contributed by atoms with Gasteiger partial charge in [-0.25, -0.2) is 4.79 Å². The van der Waals surface area contributed by atoms with Crippen molar-refractivity contribution in [3.8, 4) is 0 Å². The summed E-state index contributed by atoms with van der Waals surface area (Å²) in [5.74, 6) is -0.462. The smallest absolute Gasteiger partial charge is 0.338 e. The first kappa shape index (κ1) is 14.9. The molecular weight excluding hydrogens is 264 g/mol. The third-order valence-electron chi connectivity index (χ3n) is 3.19. The lowest BCUT2D eigenvalue weighted by molar-refractivity contribution is -0.159. The lowest BCUT2D eigenvalue weighted by atomic mass is 10.1. The molecule has 0 spiro atoms. The Labute approximate surface area is 117 Å². The molecule has 0 amide bonds. The average molecular weight is 282 g/mol. The van der Waals surface area contributed by atoms with Crippen LogP contribution < -0.4 is 0 Å². The van der Waals surface area contributed by atoms with Crippen LogP contribution in [0.3, 0.4) is 0 Å². The summed E-state index contributed by atoms with van der Waals surface area (Å²) < 4.78 is 20.7. The first-order valence-electron chi connectivity index (χ1n) is 6.28. The number of hydrogen-bond acceptors (Lipinski definition) is 6. The topological polar surface area (TPSA) is 74.2 Å². The molecule has 1 aliphatic heterocycles. The fourth-order valence-electron chi connectivity index (χ4n) is 2.10. The number of ether oxygens (including phenoxy) is 4. The predicted molar refractivity (Wildman–Crippen MR) is 69.2 cm³/mol. The number of carbonyl (C=O) groups excluding carboxylic acids is 1. The second kappa shape index (κ2) is 6.81. The monoisotopic (exact) mass is 282 g/mol. The summed E-state index contributed by atoms with van der Waals surface area (Å²) in [7, 11) is 2.92. The fourth-order valence-corrected chi connectivity index (χ4v) is 2.10. The highest BCUT2D eigenvalue weighted by molar-refractivity contribution is 5.89. The van der Waals surface area contributed by atoms with E-state index in [0.717, 1.165) is 0 Å². The van der Waals surface area contributed by atoms with Gasteiger partial charge in [-0.1, -0.05) is 18.2 Å². The van der Waals surface area contributed by atoms with E-state index in [1.807, 2.05) is 6.07 Å². The van der Waals surface area contributed by atoms with Crippen molar-refractivity contribution in [2.75, 3.05) is 20.8 Å². The van der Waals surface area contributed by atoms with Gasteiger partial charge in [0.2, 0.25) is 0 Å². The molecule has 6 heteroatoms. The number of rotatable bonds is 5. The minimum atomic E-state index is -0.909. The maximum absolute atomic E-state index is 11.8. The molecule has 0 radical (unpaired) electrons. The van der Waals surface area contributed by atoms with E-state index in [4.69, 9.17) is 18.9 Å². The molecule has 1 unspecified atom stereocenters. The van der Waals surface area contributed by atoms with Gasteiger partial charge in [0.1, 0.15) is 24.9 Å². The van der Waals surface area contributed by atoms with Gasteiger partial charge in [-0.05, 0) is 12.1 Å². The molecular formula is C14H18O6. The molecule has 20 heavy (non-hydrogen) atoms. The van der Waals surface area contributed by atoms with Crippen LogP contribution >= 0.6 is 0 Å². The molecule has 2 rings (SSSR count). The zero-order valence-corrected chi connectivity index (χ0v) is 11.4. The third kappa shape index (κ3) is 3.16. The van der Waals surface area contributed by atoms with E-state index in [0.29, 0.717) is 5.56 Å². The van der Waals surface area contributed by atoms with E-state index >= 15 is 0 Å². The lowest BCUT2D eigenvalue weighted by Gasteiger charge is -2.16. The van der Waals surface area contributed by atoms with Gasteiger partial charge in [-0.2, -0.15) is 0 Å². The van der Waals surface area contributed by atoms with Crippen LogP contribution in [0.1, 0.15) is 10.4 Å². The summed E-state index contributed by atoms with van der Waals surface area (Å²) in [5.41, 5.74) is 0.451. The zero-order valence-electron chi connectivity index (χ0n) is 11.4. The van der Waals surface area contributed by atoms with Crippen LogP contribution in [0.25, 0.3) is 0 Å². The Bertz CT molecular complexity index is 435. The largest absolute Gasteiger partial charge is 0.459 e. The molecule has 1 aromatic rings. The molecule has 1 heterocycles. The quantitative estimate of drug-likeness (QED) is 0.797. The highest BCUT2D eigenvalue weighted by Gasteiger charge is 2.44. The summed E-state index contributed by atoms with van der Waals surface area (Å²) in [6, 6.07) is 8.63. The van der Waals surface area contributed by atoms with Gasteiger partial charge in [0.25, 0.3) is 0 Å². The number of aliphatic hydroxyl groups excluding tert-OH is 1. The maximum atomic E-state index is 11.8. The zero-order chi connectivity index (χ0) is 14.5. The Morgan fingerprint density at radius 2 is 1.95 bits per heavy atom. The normalized spacial score (nSPS) is 29.4. The molecule has 1 fully saturated rings. The number of aliphatic hydroxyl groups is 1. The third-order valence-corrected chi connectivity index (χ3v) is 3.19. The number of hydrogen-bond donors (Lipinski definition) is 1. The first-order valence-corrected chi connectivity index (χ1v) is 6.28. The highest BCUT2D eigenvalue weighted by Crippen LogP contribution is 2.24. The summed E-state index contributed by atoms with van der Waals surface area (Å²) in [6.07, 6.45) is -2.85. The van der Waals surface area contributed by atoms with Crippen LogP contribution in [-0.2, 0) is 18.9 Å². The second-order valence-electron chi connectivity index (χ2n) is 4.43. The van der Waals surface area contributed by atoms with Crippen LogP contribution in [-0.4, -0.2) is 56.5 Å². The molecule has 0 bridgehead atoms. The number of carbonyl (C=O) groups is 1. The van der Waals surface area contributed by atoms with Crippen LogP contribution in [0.5, 0.6) is 0 Å². The van der Waals surface area contributed by atoms with Crippen LogP contribution in [0.4, 0.5) is 0 Å². The van der Waals surface area contributed by atoms with E-state index in [2.05, 4.69) is 0 Å². The van der Waals surface area contributed by atoms with E-state index in [9.17, 15) is 9.90 Å². The van der Waals surface area contributed by atoms with Crippen molar-refractivity contribution in [1.82, 2.24) is 0 Å². The van der Waals surface area contributed by atoms with E-state index in [1.165, 1.54) is 14.2 Å². The molecule has 1 N–H and O–H groups in total. The van der Waals surface area contributed by atoms with E-state index in [-0.39, 0.29) is 6.61 Å². The van der Waals surface area contributed by atoms with Crippen molar-refractivity contribution in [3.63, 3.8) is 0 Å². The minimum absolute atomic E-state index is 0.0609. The molecule has 0 saturated carbocycles. The van der Waals surface area contributed by atoms with Crippen LogP contribution in [0, 0.1) is 0 Å². The number of benzene rings is 1. The molecule has 0 aromatic heterocycles.